The molecule has 8 heteroatoms. The number of H-pyrrole nitrogens is 1. The number of ether oxygens (including phenoxy) is 2. The van der Waals surface area contributed by atoms with Crippen molar-refractivity contribution < 1.29 is 19.7 Å². The molecule has 0 spiro atoms. The van der Waals surface area contributed by atoms with E-state index in [1.165, 1.54) is 16.3 Å². The average Bonchev–Trinajstić information content (AvgIpc) is 3.03. The fraction of sp³-hybridized carbons (Fsp3) is 0.524. The van der Waals surface area contributed by atoms with Crippen LogP contribution in [0.4, 0.5) is 0 Å². The molecule has 2 aromatic rings. The number of nitrogens with zero attached hydrogens (tertiary/aromatic N) is 1. The topological polar surface area (TPSA) is 114 Å². The Balaban J connectivity index is 1.74. The maximum atomic E-state index is 12.2. The Morgan fingerprint density at radius 1 is 1.21 bits per heavy atom. The molecule has 0 bridgehead atoms. The third kappa shape index (κ3) is 4.84. The molecule has 1 aromatic heterocycles. The number of aliphatic hydroxyl groups is 2. The van der Waals surface area contributed by atoms with E-state index < -0.39 is 29.7 Å². The van der Waals surface area contributed by atoms with Crippen LogP contribution < -0.4 is 11.2 Å². The van der Waals surface area contributed by atoms with Crippen LogP contribution in [-0.2, 0) is 28.1 Å². The second-order valence-corrected chi connectivity index (χ2v) is 8.34. The minimum absolute atomic E-state index is 0.0206. The number of aromatic amines is 1. The van der Waals surface area contributed by atoms with Gasteiger partial charge in [-0.1, -0.05) is 45.0 Å². The molecule has 3 atom stereocenters. The molecule has 3 rings (SSSR count). The number of nitrogens with one attached hydrogen (secondary N) is 1. The van der Waals surface area contributed by atoms with Crippen LogP contribution in [0.25, 0.3) is 0 Å². The number of benzene rings is 1. The summed E-state index contributed by atoms with van der Waals surface area (Å²) in [4.78, 5) is 26.6. The molecule has 8 nitrogen and oxygen atoms in total. The molecule has 0 saturated carbocycles. The molecule has 1 aliphatic heterocycles. The molecule has 1 saturated heterocycles. The number of hydrogen-bond acceptors (Lipinski definition) is 6. The van der Waals surface area contributed by atoms with Gasteiger partial charge in [0.25, 0.3) is 5.56 Å². The summed E-state index contributed by atoms with van der Waals surface area (Å²) in [5, 5.41) is 19.1. The highest BCUT2D eigenvalue weighted by Gasteiger charge is 2.35. The summed E-state index contributed by atoms with van der Waals surface area (Å²) in [7, 11) is 0. The van der Waals surface area contributed by atoms with Gasteiger partial charge in [0.1, 0.15) is 12.3 Å². The van der Waals surface area contributed by atoms with Gasteiger partial charge in [-0.05, 0) is 16.5 Å². The van der Waals surface area contributed by atoms with Crippen LogP contribution in [0.1, 0.15) is 50.1 Å². The van der Waals surface area contributed by atoms with Gasteiger partial charge < -0.3 is 19.7 Å². The fourth-order valence-corrected chi connectivity index (χ4v) is 3.54. The molecule has 158 valence electrons. The Morgan fingerprint density at radius 3 is 2.55 bits per heavy atom. The van der Waals surface area contributed by atoms with E-state index in [1.807, 2.05) is 18.2 Å². The summed E-state index contributed by atoms with van der Waals surface area (Å²) in [6.45, 7) is 6.38. The van der Waals surface area contributed by atoms with Crippen LogP contribution in [0.2, 0.25) is 0 Å². The number of hydrogen-bond donors (Lipinski definition) is 3. The van der Waals surface area contributed by atoms with Gasteiger partial charge in [-0.15, -0.1) is 0 Å². The van der Waals surface area contributed by atoms with Crippen LogP contribution in [0, 0.1) is 0 Å². The highest BCUT2D eigenvalue weighted by molar-refractivity contribution is 5.32. The number of aliphatic hydroxyl groups excluding tert-OH is 2. The van der Waals surface area contributed by atoms with Crippen molar-refractivity contribution in [3.63, 3.8) is 0 Å². The van der Waals surface area contributed by atoms with Gasteiger partial charge in [0.15, 0.2) is 0 Å². The lowest BCUT2D eigenvalue weighted by Crippen LogP contribution is -2.34. The van der Waals surface area contributed by atoms with Crippen molar-refractivity contribution >= 4 is 0 Å². The first-order chi connectivity index (χ1) is 13.7. The van der Waals surface area contributed by atoms with Crippen molar-refractivity contribution in [2.75, 3.05) is 6.61 Å². The van der Waals surface area contributed by atoms with Gasteiger partial charge in [0.05, 0.1) is 31.5 Å². The lowest BCUT2D eigenvalue weighted by Gasteiger charge is -2.22. The molecular formula is C21H28N2O6. The molecule has 0 radical (unpaired) electrons. The second-order valence-electron chi connectivity index (χ2n) is 8.34. The van der Waals surface area contributed by atoms with Gasteiger partial charge in [0.2, 0.25) is 0 Å². The van der Waals surface area contributed by atoms with Crippen LogP contribution >= 0.6 is 0 Å². The smallest absolute Gasteiger partial charge is 0.330 e. The van der Waals surface area contributed by atoms with E-state index in [4.69, 9.17) is 9.47 Å². The maximum absolute atomic E-state index is 12.2. The van der Waals surface area contributed by atoms with E-state index >= 15 is 0 Å². The Morgan fingerprint density at radius 2 is 1.90 bits per heavy atom. The van der Waals surface area contributed by atoms with Crippen molar-refractivity contribution in [3.8, 4) is 0 Å². The Hall–Kier alpha value is -2.26. The summed E-state index contributed by atoms with van der Waals surface area (Å²) in [6.07, 6.45) is -0.846. The van der Waals surface area contributed by atoms with Crippen LogP contribution in [0.15, 0.2) is 40.1 Å². The molecule has 1 aliphatic rings. The van der Waals surface area contributed by atoms with E-state index in [9.17, 15) is 19.8 Å². The van der Waals surface area contributed by atoms with Gasteiger partial charge in [0, 0.05) is 12.6 Å². The van der Waals surface area contributed by atoms with Crippen molar-refractivity contribution in [1.29, 1.82) is 0 Å². The quantitative estimate of drug-likeness (QED) is 0.667. The predicted octanol–water partition coefficient (Wildman–Crippen LogP) is 1.19. The molecule has 2 heterocycles. The first-order valence-electron chi connectivity index (χ1n) is 9.65. The molecule has 1 fully saturated rings. The van der Waals surface area contributed by atoms with Gasteiger partial charge in [-0.25, -0.2) is 4.79 Å². The van der Waals surface area contributed by atoms with Gasteiger partial charge in [-0.2, -0.15) is 0 Å². The molecular weight excluding hydrogens is 376 g/mol. The first kappa shape index (κ1) is 21.4. The van der Waals surface area contributed by atoms with Crippen molar-refractivity contribution in [3.05, 3.63) is 68.0 Å². The second kappa shape index (κ2) is 8.62. The van der Waals surface area contributed by atoms with Gasteiger partial charge in [-0.3, -0.25) is 14.3 Å². The van der Waals surface area contributed by atoms with Crippen molar-refractivity contribution in [2.24, 2.45) is 0 Å². The lowest BCUT2D eigenvalue weighted by molar-refractivity contribution is -0.0461. The van der Waals surface area contributed by atoms with E-state index in [2.05, 4.69) is 31.8 Å². The SMILES string of the molecule is CC(C)(C)c1ccccc1COCc1cn([C@H]2CC(O)[C@@H](CO)O2)c(=O)[nH]c1=O. The Kier molecular flexibility index (Phi) is 6.38. The third-order valence-electron chi connectivity index (χ3n) is 5.08. The Bertz CT molecular complexity index is 959. The molecule has 0 aliphatic carbocycles. The summed E-state index contributed by atoms with van der Waals surface area (Å²) in [6, 6.07) is 7.99. The normalized spacial score (nSPS) is 22.2. The third-order valence-corrected chi connectivity index (χ3v) is 5.08. The van der Waals surface area contributed by atoms with E-state index in [1.54, 1.807) is 0 Å². The molecule has 1 aromatic carbocycles. The molecule has 3 N–H and O–H groups in total. The van der Waals surface area contributed by atoms with Gasteiger partial charge >= 0.3 is 5.69 Å². The van der Waals surface area contributed by atoms with Crippen molar-refractivity contribution in [1.82, 2.24) is 9.55 Å². The molecule has 29 heavy (non-hydrogen) atoms. The summed E-state index contributed by atoms with van der Waals surface area (Å²) >= 11 is 0. The Labute approximate surface area is 168 Å². The van der Waals surface area contributed by atoms with Crippen LogP contribution in [0.3, 0.4) is 0 Å². The summed E-state index contributed by atoms with van der Waals surface area (Å²) in [5.41, 5.74) is 1.30. The van der Waals surface area contributed by atoms with E-state index in [-0.39, 0.29) is 30.6 Å². The minimum Gasteiger partial charge on any atom is -0.394 e. The molecule has 1 unspecified atom stereocenters. The van der Waals surface area contributed by atoms with Crippen LogP contribution in [-0.4, -0.2) is 38.6 Å². The maximum Gasteiger partial charge on any atom is 0.330 e. The zero-order valence-corrected chi connectivity index (χ0v) is 16.9. The molecule has 0 amide bonds. The fourth-order valence-electron chi connectivity index (χ4n) is 3.54. The minimum atomic E-state index is -0.877. The monoisotopic (exact) mass is 404 g/mol. The van der Waals surface area contributed by atoms with Crippen LogP contribution in [0.5, 0.6) is 0 Å². The largest absolute Gasteiger partial charge is 0.394 e. The zero-order valence-electron chi connectivity index (χ0n) is 16.9. The summed E-state index contributed by atoms with van der Waals surface area (Å²) in [5.74, 6) is 0. The highest BCUT2D eigenvalue weighted by atomic mass is 16.5. The summed E-state index contributed by atoms with van der Waals surface area (Å²) < 4.78 is 12.5. The number of aromatic nitrogens is 2. The van der Waals surface area contributed by atoms with Crippen molar-refractivity contribution in [2.45, 2.75) is 64.3 Å². The van der Waals surface area contributed by atoms with E-state index in [0.717, 1.165) is 5.56 Å². The number of rotatable bonds is 6. The van der Waals surface area contributed by atoms with E-state index in [0.29, 0.717) is 6.61 Å². The highest BCUT2D eigenvalue weighted by Crippen LogP contribution is 2.28. The zero-order chi connectivity index (χ0) is 21.2. The lowest BCUT2D eigenvalue weighted by atomic mass is 9.84. The predicted molar refractivity (Wildman–Crippen MR) is 107 cm³/mol. The average molecular weight is 404 g/mol. The first-order valence-corrected chi connectivity index (χ1v) is 9.65. The standard InChI is InChI=1S/C21H28N2O6/c1-21(2,3)15-7-5-4-6-13(15)11-28-12-14-9-23(20(27)22-19(14)26)18-8-16(25)17(10-24)29-18/h4-7,9,16-18,24-25H,8,10-12H2,1-3H3,(H,22,26,27)/t16?,17-,18-/m1/s1.